The van der Waals surface area contributed by atoms with Crippen LogP contribution in [0.1, 0.15) is 79.7 Å². The highest BCUT2D eigenvalue weighted by Gasteiger charge is 2.16. The van der Waals surface area contributed by atoms with Crippen LogP contribution in [-0.2, 0) is 10.8 Å². The molecule has 0 bridgehead atoms. The summed E-state index contributed by atoms with van der Waals surface area (Å²) in [5.74, 6) is 6.42. The lowest BCUT2D eigenvalue weighted by molar-refractivity contribution is 0.103. The quantitative estimate of drug-likeness (QED) is 0.341. The number of hydrogen-bond donors (Lipinski definition) is 0. The van der Waals surface area contributed by atoms with E-state index in [2.05, 4.69) is 65.5 Å². The van der Waals surface area contributed by atoms with E-state index in [1.165, 1.54) is 11.1 Å². The van der Waals surface area contributed by atoms with Crippen molar-refractivity contribution in [3.8, 4) is 11.8 Å². The summed E-state index contributed by atoms with van der Waals surface area (Å²) in [5, 5.41) is 0. The average Bonchev–Trinajstić information content (AvgIpc) is 2.71. The van der Waals surface area contributed by atoms with Gasteiger partial charge in [0.1, 0.15) is 0 Å². The van der Waals surface area contributed by atoms with Gasteiger partial charge in [-0.25, -0.2) is 0 Å². The molecule has 0 fully saturated rings. The van der Waals surface area contributed by atoms with Crippen molar-refractivity contribution in [1.82, 2.24) is 0 Å². The lowest BCUT2D eigenvalue weighted by Gasteiger charge is -2.19. The molecule has 1 nitrogen and oxygen atoms in total. The third kappa shape index (κ3) is 5.08. The minimum Gasteiger partial charge on any atom is -0.289 e. The van der Waals surface area contributed by atoms with Gasteiger partial charge in [0.15, 0.2) is 5.78 Å². The van der Waals surface area contributed by atoms with Gasteiger partial charge in [0, 0.05) is 22.3 Å². The van der Waals surface area contributed by atoms with E-state index in [4.69, 9.17) is 0 Å². The van der Waals surface area contributed by atoms with Crippen LogP contribution < -0.4 is 0 Å². The number of benzene rings is 3. The predicted octanol–water partition coefficient (Wildman–Crippen LogP) is 6.91. The first-order valence-corrected chi connectivity index (χ1v) is 10.4. The van der Waals surface area contributed by atoms with Crippen molar-refractivity contribution >= 4 is 5.78 Å². The molecule has 1 heteroatoms. The number of ketones is 1. The monoisotopic (exact) mass is 394 g/mol. The Morgan fingerprint density at radius 2 is 1.13 bits per heavy atom. The van der Waals surface area contributed by atoms with E-state index >= 15 is 0 Å². The van der Waals surface area contributed by atoms with Crippen LogP contribution in [0.2, 0.25) is 0 Å². The minimum absolute atomic E-state index is 0.00318. The molecule has 0 unspecified atom stereocenters. The van der Waals surface area contributed by atoms with Crippen molar-refractivity contribution in [3.05, 3.63) is 106 Å². The first kappa shape index (κ1) is 21.6. The molecule has 0 saturated carbocycles. The predicted molar refractivity (Wildman–Crippen MR) is 126 cm³/mol. The smallest absolute Gasteiger partial charge is 0.194 e. The standard InChI is InChI=1S/C29H30O/c1-28(2,3)24-17-12-21(13-18-24)11-14-22-9-7-8-10-26(22)27(30)23-15-19-25(20-16-23)29(4,5)6/h7-10,12-13,15-20H,1-6H3. The molecule has 0 atom stereocenters. The van der Waals surface area contributed by atoms with Crippen molar-refractivity contribution in [2.45, 2.75) is 52.4 Å². The molecule has 152 valence electrons. The van der Waals surface area contributed by atoms with E-state index in [1.807, 2.05) is 60.7 Å². The number of rotatable bonds is 2. The first-order chi connectivity index (χ1) is 14.1. The van der Waals surface area contributed by atoms with Crippen LogP contribution in [0.5, 0.6) is 0 Å². The van der Waals surface area contributed by atoms with Gasteiger partial charge in [-0.1, -0.05) is 102 Å². The van der Waals surface area contributed by atoms with E-state index in [9.17, 15) is 4.79 Å². The largest absolute Gasteiger partial charge is 0.289 e. The summed E-state index contributed by atoms with van der Waals surface area (Å²) in [5.41, 5.74) is 5.70. The Hall–Kier alpha value is -3.11. The average molecular weight is 395 g/mol. The molecule has 0 N–H and O–H groups in total. The Bertz CT molecular complexity index is 1090. The highest BCUT2D eigenvalue weighted by Crippen LogP contribution is 2.24. The highest BCUT2D eigenvalue weighted by atomic mass is 16.1. The van der Waals surface area contributed by atoms with Crippen LogP contribution in [0.15, 0.2) is 72.8 Å². The van der Waals surface area contributed by atoms with E-state index < -0.39 is 0 Å². The third-order valence-corrected chi connectivity index (χ3v) is 5.28. The van der Waals surface area contributed by atoms with Gasteiger partial charge < -0.3 is 0 Å². The number of carbonyl (C=O) groups excluding carboxylic acids is 1. The van der Waals surface area contributed by atoms with Crippen LogP contribution in [0, 0.1) is 11.8 Å². The summed E-state index contributed by atoms with van der Waals surface area (Å²) in [7, 11) is 0. The molecule has 0 aliphatic heterocycles. The Morgan fingerprint density at radius 1 is 0.633 bits per heavy atom. The van der Waals surface area contributed by atoms with E-state index in [1.54, 1.807) is 0 Å². The van der Waals surface area contributed by atoms with Crippen LogP contribution in [0.4, 0.5) is 0 Å². The van der Waals surface area contributed by atoms with Crippen molar-refractivity contribution in [2.24, 2.45) is 0 Å². The van der Waals surface area contributed by atoms with Crippen molar-refractivity contribution in [1.29, 1.82) is 0 Å². The van der Waals surface area contributed by atoms with Crippen molar-refractivity contribution in [3.63, 3.8) is 0 Å². The zero-order valence-corrected chi connectivity index (χ0v) is 18.8. The van der Waals surface area contributed by atoms with Crippen molar-refractivity contribution in [2.75, 3.05) is 0 Å². The molecule has 0 spiro atoms. The van der Waals surface area contributed by atoms with Gasteiger partial charge in [0.25, 0.3) is 0 Å². The molecule has 0 aliphatic rings. The van der Waals surface area contributed by atoms with E-state index in [-0.39, 0.29) is 16.6 Å². The minimum atomic E-state index is 0.00318. The van der Waals surface area contributed by atoms with Gasteiger partial charge in [0.2, 0.25) is 0 Å². The Kier molecular flexibility index (Phi) is 5.99. The second-order valence-corrected chi connectivity index (χ2v) is 9.78. The summed E-state index contributed by atoms with van der Waals surface area (Å²) in [6.07, 6.45) is 0. The van der Waals surface area contributed by atoms with E-state index in [0.29, 0.717) is 11.1 Å². The lowest BCUT2D eigenvalue weighted by Crippen LogP contribution is -2.11. The maximum atomic E-state index is 13.1. The van der Waals surface area contributed by atoms with Gasteiger partial charge in [0.05, 0.1) is 0 Å². The van der Waals surface area contributed by atoms with Gasteiger partial charge in [-0.05, 0) is 46.2 Å². The third-order valence-electron chi connectivity index (χ3n) is 5.28. The maximum Gasteiger partial charge on any atom is 0.194 e. The molecule has 0 aliphatic carbocycles. The Morgan fingerprint density at radius 3 is 1.67 bits per heavy atom. The molecule has 30 heavy (non-hydrogen) atoms. The molecule has 3 aromatic carbocycles. The molecular weight excluding hydrogens is 364 g/mol. The Balaban J connectivity index is 1.88. The summed E-state index contributed by atoms with van der Waals surface area (Å²) >= 11 is 0. The fraction of sp³-hybridized carbons (Fsp3) is 0.276. The summed E-state index contributed by atoms with van der Waals surface area (Å²) in [6.45, 7) is 13.1. The van der Waals surface area contributed by atoms with Crippen molar-refractivity contribution < 1.29 is 4.79 Å². The fourth-order valence-corrected chi connectivity index (χ4v) is 3.26. The SMILES string of the molecule is CC(C)(C)c1ccc(C#Cc2ccccc2C(=O)c2ccc(C(C)(C)C)cc2)cc1. The normalized spacial score (nSPS) is 11.5. The lowest BCUT2D eigenvalue weighted by atomic mass is 9.86. The second kappa shape index (κ2) is 8.33. The molecule has 3 rings (SSSR count). The fourth-order valence-electron chi connectivity index (χ4n) is 3.26. The van der Waals surface area contributed by atoms with Gasteiger partial charge in [-0.15, -0.1) is 0 Å². The summed E-state index contributed by atoms with van der Waals surface area (Å²) in [6, 6.07) is 23.8. The number of hydrogen-bond acceptors (Lipinski definition) is 1. The molecular formula is C29H30O. The zero-order chi connectivity index (χ0) is 21.9. The van der Waals surface area contributed by atoms with Crippen LogP contribution in [0.25, 0.3) is 0 Å². The molecule has 0 saturated heterocycles. The topological polar surface area (TPSA) is 17.1 Å². The zero-order valence-electron chi connectivity index (χ0n) is 18.8. The van der Waals surface area contributed by atoms with Crippen LogP contribution in [0.3, 0.4) is 0 Å². The summed E-state index contributed by atoms with van der Waals surface area (Å²) in [4.78, 5) is 13.1. The first-order valence-electron chi connectivity index (χ1n) is 10.4. The molecule has 0 amide bonds. The van der Waals surface area contributed by atoms with Crippen LogP contribution in [-0.4, -0.2) is 5.78 Å². The van der Waals surface area contributed by atoms with Gasteiger partial charge >= 0.3 is 0 Å². The molecule has 3 aromatic rings. The maximum absolute atomic E-state index is 13.1. The highest BCUT2D eigenvalue weighted by molar-refractivity contribution is 6.10. The molecule has 0 aromatic heterocycles. The summed E-state index contributed by atoms with van der Waals surface area (Å²) < 4.78 is 0. The molecule has 0 heterocycles. The molecule has 0 radical (unpaired) electrons. The van der Waals surface area contributed by atoms with Crippen LogP contribution >= 0.6 is 0 Å². The van der Waals surface area contributed by atoms with Gasteiger partial charge in [-0.2, -0.15) is 0 Å². The van der Waals surface area contributed by atoms with E-state index in [0.717, 1.165) is 11.1 Å². The Labute approximate surface area is 181 Å². The second-order valence-electron chi connectivity index (χ2n) is 9.78. The van der Waals surface area contributed by atoms with Gasteiger partial charge in [-0.3, -0.25) is 4.79 Å². The number of carbonyl (C=O) groups is 1.